The molecular formula is C14H18O3S. The summed E-state index contributed by atoms with van der Waals surface area (Å²) in [5.41, 5.74) is 1.64. The maximum atomic E-state index is 12.2. The first-order valence-electron chi connectivity index (χ1n) is 5.79. The second-order valence-electron chi connectivity index (χ2n) is 4.24. The first-order chi connectivity index (χ1) is 8.56. The zero-order valence-electron chi connectivity index (χ0n) is 10.8. The molecule has 98 valence electrons. The van der Waals surface area contributed by atoms with Crippen LogP contribution in [0.25, 0.3) is 0 Å². The Hall–Kier alpha value is -1.26. The van der Waals surface area contributed by atoms with E-state index in [-0.39, 0.29) is 0 Å². The van der Waals surface area contributed by atoms with Crippen LogP contribution in [0.15, 0.2) is 42.2 Å². The molecule has 0 saturated carbocycles. The molecule has 1 atom stereocenters. The lowest BCUT2D eigenvalue weighted by atomic mass is 9.95. The minimum Gasteiger partial charge on any atom is -0.433 e. The van der Waals surface area contributed by atoms with Crippen LogP contribution in [0.5, 0.6) is 0 Å². The first-order valence-corrected chi connectivity index (χ1v) is 6.56. The fourth-order valence-electron chi connectivity index (χ4n) is 1.59. The summed E-state index contributed by atoms with van der Waals surface area (Å²) < 4.78 is 13.6. The molecule has 0 heterocycles. The molecule has 0 aliphatic rings. The molecule has 1 aromatic rings. The van der Waals surface area contributed by atoms with Gasteiger partial charge in [-0.15, -0.1) is 0 Å². The van der Waals surface area contributed by atoms with Crippen LogP contribution in [0.3, 0.4) is 0 Å². The van der Waals surface area contributed by atoms with E-state index in [0.717, 1.165) is 11.1 Å². The summed E-state index contributed by atoms with van der Waals surface area (Å²) in [4.78, 5) is 12.2. The summed E-state index contributed by atoms with van der Waals surface area (Å²) in [6, 6.07) is 9.18. The molecule has 0 aliphatic carbocycles. The van der Waals surface area contributed by atoms with Crippen molar-refractivity contribution in [2.45, 2.75) is 31.9 Å². The molecule has 4 heteroatoms. The van der Waals surface area contributed by atoms with Gasteiger partial charge in [-0.25, -0.2) is 4.79 Å². The van der Waals surface area contributed by atoms with Crippen molar-refractivity contribution < 1.29 is 14.1 Å². The highest BCUT2D eigenvalue weighted by atomic mass is 32.2. The third-order valence-corrected chi connectivity index (χ3v) is 3.63. The van der Waals surface area contributed by atoms with Crippen LogP contribution in [0.2, 0.25) is 0 Å². The Balaban J connectivity index is 3.08. The molecule has 18 heavy (non-hydrogen) atoms. The Morgan fingerprint density at radius 1 is 1.39 bits per heavy atom. The number of esters is 1. The monoisotopic (exact) mass is 266 g/mol. The summed E-state index contributed by atoms with van der Waals surface area (Å²) in [6.07, 6.45) is 1.86. The highest BCUT2D eigenvalue weighted by molar-refractivity contribution is 7.95. The van der Waals surface area contributed by atoms with Crippen LogP contribution in [-0.2, 0) is 14.3 Å². The third kappa shape index (κ3) is 3.15. The molecule has 0 aromatic heterocycles. The van der Waals surface area contributed by atoms with Crippen LogP contribution in [-0.4, -0.2) is 10.5 Å². The van der Waals surface area contributed by atoms with Gasteiger partial charge in [-0.1, -0.05) is 37.3 Å². The summed E-state index contributed by atoms with van der Waals surface area (Å²) in [6.45, 7) is 5.53. The average Bonchev–Trinajstić information content (AvgIpc) is 2.39. The summed E-state index contributed by atoms with van der Waals surface area (Å²) in [5.74, 6) is -0.454. The van der Waals surface area contributed by atoms with E-state index in [4.69, 9.17) is 4.74 Å². The number of ether oxygens (including phenoxy) is 1. The largest absolute Gasteiger partial charge is 0.433 e. The van der Waals surface area contributed by atoms with Gasteiger partial charge in [0, 0.05) is 12.0 Å². The standard InChI is InChI=1S/C14H18O3S/c1-4-14(18-16,12-8-6-5-7-9-12)13(15)17-10-11(2)3/h5-10,16H,4H2,1-3H3. The van der Waals surface area contributed by atoms with Crippen LogP contribution in [0.1, 0.15) is 32.8 Å². The summed E-state index contributed by atoms with van der Waals surface area (Å²) >= 11 is 0.526. The molecular weight excluding hydrogens is 248 g/mol. The maximum Gasteiger partial charge on any atom is 0.333 e. The van der Waals surface area contributed by atoms with Gasteiger partial charge in [-0.3, -0.25) is 0 Å². The maximum absolute atomic E-state index is 12.2. The minimum atomic E-state index is -1.06. The van der Waals surface area contributed by atoms with Crippen molar-refractivity contribution in [2.24, 2.45) is 0 Å². The van der Waals surface area contributed by atoms with Gasteiger partial charge >= 0.3 is 5.97 Å². The second-order valence-corrected chi connectivity index (χ2v) is 5.12. The molecule has 0 spiro atoms. The van der Waals surface area contributed by atoms with Crippen LogP contribution in [0, 0.1) is 0 Å². The molecule has 0 fully saturated rings. The summed E-state index contributed by atoms with van der Waals surface area (Å²) in [5, 5.41) is 0. The van der Waals surface area contributed by atoms with Crippen molar-refractivity contribution in [2.75, 3.05) is 0 Å². The van der Waals surface area contributed by atoms with Gasteiger partial charge < -0.3 is 9.29 Å². The number of carbonyl (C=O) groups excluding carboxylic acids is 1. The zero-order valence-corrected chi connectivity index (χ0v) is 11.7. The minimum absolute atomic E-state index is 0.452. The van der Waals surface area contributed by atoms with Gasteiger partial charge in [0.1, 0.15) is 0 Å². The quantitative estimate of drug-likeness (QED) is 0.497. The molecule has 1 rings (SSSR count). The Morgan fingerprint density at radius 2 is 2.00 bits per heavy atom. The number of allylic oxidation sites excluding steroid dienone is 1. The number of hydrogen-bond donors (Lipinski definition) is 1. The summed E-state index contributed by atoms with van der Waals surface area (Å²) in [7, 11) is 0. The van der Waals surface area contributed by atoms with Crippen LogP contribution >= 0.6 is 12.0 Å². The van der Waals surface area contributed by atoms with Crippen molar-refractivity contribution in [3.8, 4) is 0 Å². The molecule has 0 saturated heterocycles. The predicted molar refractivity (Wildman–Crippen MR) is 74.2 cm³/mol. The number of carbonyl (C=O) groups is 1. The number of benzene rings is 1. The van der Waals surface area contributed by atoms with E-state index in [1.165, 1.54) is 6.26 Å². The Labute approximate surface area is 112 Å². The van der Waals surface area contributed by atoms with Gasteiger partial charge in [-0.05, 0) is 31.4 Å². The van der Waals surface area contributed by atoms with Crippen molar-refractivity contribution >= 4 is 18.0 Å². The number of hydrogen-bond acceptors (Lipinski definition) is 4. The van der Waals surface area contributed by atoms with Crippen molar-refractivity contribution in [1.82, 2.24) is 0 Å². The highest BCUT2D eigenvalue weighted by Gasteiger charge is 2.41. The van der Waals surface area contributed by atoms with Crippen LogP contribution in [0.4, 0.5) is 0 Å². The van der Waals surface area contributed by atoms with E-state index in [9.17, 15) is 9.35 Å². The van der Waals surface area contributed by atoms with E-state index in [1.807, 2.05) is 51.1 Å². The topological polar surface area (TPSA) is 46.5 Å². The third-order valence-electron chi connectivity index (χ3n) is 2.63. The lowest BCUT2D eigenvalue weighted by Gasteiger charge is -2.26. The van der Waals surface area contributed by atoms with E-state index in [2.05, 4.69) is 0 Å². The van der Waals surface area contributed by atoms with Crippen LogP contribution < -0.4 is 0 Å². The van der Waals surface area contributed by atoms with Gasteiger partial charge in [-0.2, -0.15) is 0 Å². The zero-order chi connectivity index (χ0) is 13.6. The van der Waals surface area contributed by atoms with Gasteiger partial charge in [0.25, 0.3) is 0 Å². The molecule has 0 amide bonds. The molecule has 1 N–H and O–H groups in total. The van der Waals surface area contributed by atoms with Crippen molar-refractivity contribution in [1.29, 1.82) is 0 Å². The van der Waals surface area contributed by atoms with Crippen molar-refractivity contribution in [3.05, 3.63) is 47.7 Å². The first kappa shape index (κ1) is 14.8. The van der Waals surface area contributed by atoms with E-state index >= 15 is 0 Å². The predicted octanol–water partition coefficient (Wildman–Crippen LogP) is 3.97. The van der Waals surface area contributed by atoms with Crippen molar-refractivity contribution in [3.63, 3.8) is 0 Å². The van der Waals surface area contributed by atoms with E-state index in [0.29, 0.717) is 18.5 Å². The fraction of sp³-hybridized carbons (Fsp3) is 0.357. The Kier molecular flexibility index (Phi) is 5.44. The van der Waals surface area contributed by atoms with E-state index < -0.39 is 10.7 Å². The van der Waals surface area contributed by atoms with Gasteiger partial charge in [0.05, 0.1) is 6.26 Å². The molecule has 3 nitrogen and oxygen atoms in total. The van der Waals surface area contributed by atoms with Gasteiger partial charge in [0.15, 0.2) is 4.75 Å². The van der Waals surface area contributed by atoms with E-state index in [1.54, 1.807) is 0 Å². The number of rotatable bonds is 5. The second kappa shape index (κ2) is 6.61. The fourth-order valence-corrected chi connectivity index (χ4v) is 2.09. The molecule has 0 radical (unpaired) electrons. The lowest BCUT2D eigenvalue weighted by molar-refractivity contribution is -0.141. The Bertz CT molecular complexity index is 418. The Morgan fingerprint density at radius 3 is 2.44 bits per heavy atom. The molecule has 1 aromatic carbocycles. The molecule has 0 bridgehead atoms. The highest BCUT2D eigenvalue weighted by Crippen LogP contribution is 2.39. The average molecular weight is 266 g/mol. The smallest absolute Gasteiger partial charge is 0.333 e. The molecule has 1 unspecified atom stereocenters. The SMILES string of the molecule is CCC(SO)(C(=O)OC=C(C)C)c1ccccc1. The lowest BCUT2D eigenvalue weighted by Crippen LogP contribution is -2.32. The normalized spacial score (nSPS) is 13.6. The molecule has 0 aliphatic heterocycles. The van der Waals surface area contributed by atoms with Gasteiger partial charge in [0.2, 0.25) is 0 Å².